The summed E-state index contributed by atoms with van der Waals surface area (Å²) in [6.45, 7) is 8.48. The van der Waals surface area contributed by atoms with Crippen LogP contribution >= 0.6 is 0 Å². The number of benzene rings is 2. The Morgan fingerprint density at radius 2 is 1.56 bits per heavy atom. The summed E-state index contributed by atoms with van der Waals surface area (Å²) in [4.78, 5) is 18.7. The highest BCUT2D eigenvalue weighted by Crippen LogP contribution is 2.59. The van der Waals surface area contributed by atoms with E-state index in [9.17, 15) is 28.2 Å². The summed E-state index contributed by atoms with van der Waals surface area (Å²) >= 11 is 0. The zero-order chi connectivity index (χ0) is 32.1. The summed E-state index contributed by atoms with van der Waals surface area (Å²) in [5.41, 5.74) is -2.27. The number of halogens is 3. The van der Waals surface area contributed by atoms with Gasteiger partial charge in [0.05, 0.1) is 34.0 Å². The highest BCUT2D eigenvalue weighted by molar-refractivity contribution is 5.67. The number of nitriles is 1. The van der Waals surface area contributed by atoms with E-state index in [1.807, 2.05) is 30.3 Å². The maximum absolute atomic E-state index is 13.7. The third-order valence-electron chi connectivity index (χ3n) is 8.93. The molecule has 2 fully saturated rings. The van der Waals surface area contributed by atoms with Gasteiger partial charge in [-0.25, -0.2) is 4.79 Å². The molecule has 6 rings (SSSR count). The van der Waals surface area contributed by atoms with E-state index >= 15 is 0 Å². The van der Waals surface area contributed by atoms with E-state index in [0.717, 1.165) is 28.8 Å². The molecule has 0 saturated carbocycles. The molecule has 3 aliphatic rings. The highest BCUT2D eigenvalue weighted by atomic mass is 19.4. The summed E-state index contributed by atoms with van der Waals surface area (Å²) in [6, 6.07) is 14.1. The first-order chi connectivity index (χ1) is 21.3. The molecule has 3 aliphatic heterocycles. The SMILES string of the molecule is C[C@]12CN(CCN3CCN(C(=O)OCc4ccccc4)CC3)C[C@](C)(O1)c1c2c(O)n(-c2ccc(C#N)c(C(F)(F)F)c2)c1O. The second-order valence-corrected chi connectivity index (χ2v) is 12.2. The van der Waals surface area contributed by atoms with Crippen LogP contribution in [0.1, 0.15) is 41.7 Å². The van der Waals surface area contributed by atoms with Crippen LogP contribution in [0.4, 0.5) is 18.0 Å². The van der Waals surface area contributed by atoms with Crippen LogP contribution in [0, 0.1) is 11.3 Å². The van der Waals surface area contributed by atoms with Crippen LogP contribution in [0.15, 0.2) is 48.5 Å². The number of aromatic nitrogens is 1. The lowest BCUT2D eigenvalue weighted by Gasteiger charge is -2.44. The fourth-order valence-corrected chi connectivity index (χ4v) is 6.93. The number of carbonyl (C=O) groups excluding carboxylic acids is 1. The van der Waals surface area contributed by atoms with E-state index in [-0.39, 0.29) is 18.4 Å². The minimum absolute atomic E-state index is 0.115. The molecule has 3 aromatic rings. The minimum Gasteiger partial charge on any atom is -0.494 e. The van der Waals surface area contributed by atoms with Gasteiger partial charge in [-0.2, -0.15) is 18.4 Å². The predicted molar refractivity (Wildman–Crippen MR) is 156 cm³/mol. The van der Waals surface area contributed by atoms with Gasteiger partial charge in [0.1, 0.15) is 17.8 Å². The number of carbonyl (C=O) groups is 1. The van der Waals surface area contributed by atoms with Gasteiger partial charge < -0.3 is 24.6 Å². The number of rotatable bonds is 6. The largest absolute Gasteiger partial charge is 0.494 e. The van der Waals surface area contributed by atoms with Crippen molar-refractivity contribution < 1.29 is 37.7 Å². The first-order valence-corrected chi connectivity index (χ1v) is 14.7. The van der Waals surface area contributed by atoms with E-state index in [2.05, 4.69) is 9.80 Å². The maximum atomic E-state index is 13.7. The monoisotopic (exact) mass is 625 g/mol. The standard InChI is InChI=1S/C32H34F3N5O5/c1-30-19-38(11-10-37-12-14-39(15-13-37)29(43)44-18-21-6-4-3-5-7-21)20-31(2,45-30)26-25(30)27(41)40(28(26)42)23-9-8-22(17-36)24(16-23)32(33,34)35/h3-9,16,41-42H,10-15,18-20H2,1-2H3/t30-,31+. The number of hydrogen-bond acceptors (Lipinski definition) is 8. The van der Waals surface area contributed by atoms with Gasteiger partial charge in [-0.15, -0.1) is 0 Å². The Balaban J connectivity index is 1.11. The van der Waals surface area contributed by atoms with Crippen LogP contribution < -0.4 is 0 Å². The second kappa shape index (κ2) is 11.3. The Bertz CT molecular complexity index is 1610. The number of fused-ring (bicyclic) bond motifs is 5. The van der Waals surface area contributed by atoms with Gasteiger partial charge in [0.25, 0.3) is 0 Å². The number of piperazine rings is 1. The normalized spacial score (nSPS) is 23.5. The van der Waals surface area contributed by atoms with Crippen LogP contribution in [0.25, 0.3) is 5.69 Å². The van der Waals surface area contributed by atoms with Gasteiger partial charge in [0.15, 0.2) is 0 Å². The Hall–Kier alpha value is -4.25. The van der Waals surface area contributed by atoms with Crippen LogP contribution in [0.5, 0.6) is 11.8 Å². The van der Waals surface area contributed by atoms with E-state index in [4.69, 9.17) is 14.7 Å². The van der Waals surface area contributed by atoms with E-state index in [1.54, 1.807) is 24.8 Å². The second-order valence-electron chi connectivity index (χ2n) is 12.2. The number of ether oxygens (including phenoxy) is 2. The molecule has 2 aromatic carbocycles. The van der Waals surface area contributed by atoms with Crippen molar-refractivity contribution in [2.45, 2.75) is 37.8 Å². The van der Waals surface area contributed by atoms with Gasteiger partial charge >= 0.3 is 12.3 Å². The Kier molecular flexibility index (Phi) is 7.71. The quantitative estimate of drug-likeness (QED) is 0.412. The first-order valence-electron chi connectivity index (χ1n) is 14.7. The van der Waals surface area contributed by atoms with Gasteiger partial charge in [0.2, 0.25) is 11.8 Å². The molecule has 4 heterocycles. The van der Waals surface area contributed by atoms with Crippen molar-refractivity contribution in [3.63, 3.8) is 0 Å². The highest BCUT2D eigenvalue weighted by Gasteiger charge is 2.58. The smallest absolute Gasteiger partial charge is 0.417 e. The van der Waals surface area contributed by atoms with Crippen LogP contribution in [-0.4, -0.2) is 87.9 Å². The minimum atomic E-state index is -4.79. The van der Waals surface area contributed by atoms with Crippen molar-refractivity contribution >= 4 is 6.09 Å². The number of morpholine rings is 1. The number of aromatic hydroxyl groups is 2. The fraction of sp³-hybridized carbons (Fsp3) is 0.438. The molecular weight excluding hydrogens is 591 g/mol. The van der Waals surface area contributed by atoms with Crippen molar-refractivity contribution in [3.05, 3.63) is 76.3 Å². The van der Waals surface area contributed by atoms with Crippen molar-refractivity contribution in [1.82, 2.24) is 19.3 Å². The zero-order valence-electron chi connectivity index (χ0n) is 25.0. The lowest BCUT2D eigenvalue weighted by molar-refractivity contribution is -0.187. The average molecular weight is 626 g/mol. The number of alkyl halides is 3. The third kappa shape index (κ3) is 5.58. The van der Waals surface area contributed by atoms with Gasteiger partial charge in [-0.3, -0.25) is 14.4 Å². The predicted octanol–water partition coefficient (Wildman–Crippen LogP) is 4.51. The summed E-state index contributed by atoms with van der Waals surface area (Å²) in [7, 11) is 0. The molecule has 2 saturated heterocycles. The summed E-state index contributed by atoms with van der Waals surface area (Å²) in [5.74, 6) is -0.799. The lowest BCUT2D eigenvalue weighted by atomic mass is 9.94. The van der Waals surface area contributed by atoms with Crippen molar-refractivity contribution in [1.29, 1.82) is 5.26 Å². The average Bonchev–Trinajstić information content (AvgIpc) is 3.38. The molecule has 10 nitrogen and oxygen atoms in total. The van der Waals surface area contributed by atoms with E-state index < -0.39 is 40.3 Å². The fourth-order valence-electron chi connectivity index (χ4n) is 6.93. The number of amides is 1. The first kappa shape index (κ1) is 30.8. The lowest BCUT2D eigenvalue weighted by Crippen LogP contribution is -2.55. The molecule has 2 atom stereocenters. The molecular formula is C32H34F3N5O5. The molecule has 1 aromatic heterocycles. The molecule has 0 radical (unpaired) electrons. The van der Waals surface area contributed by atoms with Gasteiger partial charge in [-0.1, -0.05) is 30.3 Å². The Morgan fingerprint density at radius 3 is 2.13 bits per heavy atom. The Labute approximate surface area is 258 Å². The Morgan fingerprint density at radius 1 is 0.956 bits per heavy atom. The topological polar surface area (TPSA) is 114 Å². The summed E-state index contributed by atoms with van der Waals surface area (Å²) in [6.07, 6.45) is -5.13. The number of nitrogens with zero attached hydrogens (tertiary/aromatic N) is 5. The molecule has 2 N–H and O–H groups in total. The zero-order valence-corrected chi connectivity index (χ0v) is 25.0. The molecule has 238 valence electrons. The summed E-state index contributed by atoms with van der Waals surface area (Å²) in [5, 5.41) is 31.8. The molecule has 13 heteroatoms. The summed E-state index contributed by atoms with van der Waals surface area (Å²) < 4.78 is 53.8. The molecule has 0 unspecified atom stereocenters. The molecule has 45 heavy (non-hydrogen) atoms. The van der Waals surface area contributed by atoms with Crippen LogP contribution in [-0.2, 0) is 33.5 Å². The van der Waals surface area contributed by atoms with Crippen LogP contribution in [0.2, 0.25) is 0 Å². The van der Waals surface area contributed by atoms with E-state index in [0.29, 0.717) is 56.9 Å². The van der Waals surface area contributed by atoms with Crippen molar-refractivity contribution in [3.8, 4) is 23.5 Å². The molecule has 2 bridgehead atoms. The van der Waals surface area contributed by atoms with Crippen molar-refractivity contribution in [2.75, 3.05) is 52.4 Å². The maximum Gasteiger partial charge on any atom is 0.417 e. The molecule has 1 amide bonds. The van der Waals surface area contributed by atoms with Gasteiger partial charge in [0, 0.05) is 52.4 Å². The third-order valence-corrected chi connectivity index (χ3v) is 8.93. The van der Waals surface area contributed by atoms with Crippen molar-refractivity contribution in [2.24, 2.45) is 0 Å². The van der Waals surface area contributed by atoms with Gasteiger partial charge in [-0.05, 0) is 37.6 Å². The van der Waals surface area contributed by atoms with E-state index in [1.165, 1.54) is 6.07 Å². The molecule has 0 spiro atoms. The van der Waals surface area contributed by atoms with Crippen LogP contribution in [0.3, 0.4) is 0 Å². The number of hydrogen-bond donors (Lipinski definition) is 2. The molecule has 0 aliphatic carbocycles.